The van der Waals surface area contributed by atoms with E-state index in [1.165, 1.54) is 0 Å². The number of unbranched alkanes of at least 4 members (excludes halogenated alkanes) is 2. The molecule has 0 saturated heterocycles. The van der Waals surface area contributed by atoms with E-state index in [4.69, 9.17) is 20.1 Å². The summed E-state index contributed by atoms with van der Waals surface area (Å²) in [6.07, 6.45) is 2.21. The Hall–Kier alpha value is -1.54. The molecule has 142 valence electrons. The number of carbonyl (C=O) groups is 2. The second kappa shape index (κ2) is 12.8. The summed E-state index contributed by atoms with van der Waals surface area (Å²) in [5.74, 6) is 4.81. The molecule has 2 N–H and O–H groups in total. The zero-order valence-electron chi connectivity index (χ0n) is 15.3. The van der Waals surface area contributed by atoms with Crippen LogP contribution in [0.15, 0.2) is 0 Å². The molecular weight excluding hydrogens is 316 g/mol. The van der Waals surface area contributed by atoms with E-state index >= 15 is 0 Å². The van der Waals surface area contributed by atoms with Gasteiger partial charge >= 0.3 is 12.2 Å². The number of nitrogens with two attached hydrogens (primary N) is 1. The van der Waals surface area contributed by atoms with Gasteiger partial charge in [-0.1, -0.05) is 13.3 Å². The summed E-state index contributed by atoms with van der Waals surface area (Å²) in [4.78, 5) is 29.3. The highest BCUT2D eigenvalue weighted by Gasteiger charge is 2.21. The van der Waals surface area contributed by atoms with Gasteiger partial charge in [-0.3, -0.25) is 0 Å². The molecule has 8 nitrogen and oxygen atoms in total. The monoisotopic (exact) mass is 348 g/mol. The fourth-order valence-electron chi connectivity index (χ4n) is 1.74. The van der Waals surface area contributed by atoms with Crippen molar-refractivity contribution in [2.75, 3.05) is 32.9 Å². The molecule has 1 amide bonds. The van der Waals surface area contributed by atoms with Crippen LogP contribution in [0.1, 0.15) is 53.4 Å². The van der Waals surface area contributed by atoms with E-state index in [2.05, 4.69) is 11.8 Å². The molecule has 0 aromatic rings. The summed E-state index contributed by atoms with van der Waals surface area (Å²) in [6.45, 7) is 9.24. The molecule has 0 saturated carbocycles. The smallest absolute Gasteiger partial charge is 0.444 e. The van der Waals surface area contributed by atoms with E-state index in [1.807, 2.05) is 20.8 Å². The number of hydrogen-bond acceptors (Lipinski definition) is 7. The number of amides is 1. The Bertz CT molecular complexity index is 357. The molecule has 0 heterocycles. The molecule has 24 heavy (non-hydrogen) atoms. The fraction of sp³-hybridized carbons (Fsp3) is 0.875. The Morgan fingerprint density at radius 3 is 2.17 bits per heavy atom. The number of hydrogen-bond donors (Lipinski definition) is 1. The summed E-state index contributed by atoms with van der Waals surface area (Å²) < 4.78 is 15.0. The van der Waals surface area contributed by atoms with Gasteiger partial charge in [0.25, 0.3) is 0 Å². The number of ether oxygens (including phenoxy) is 3. The average Bonchev–Trinajstić information content (AvgIpc) is 2.48. The SMILES string of the molecule is CCCCN(CCCCOC(=O)OCCON)C(=O)OC(C)(C)C. The van der Waals surface area contributed by atoms with Crippen molar-refractivity contribution in [1.82, 2.24) is 4.90 Å². The van der Waals surface area contributed by atoms with Crippen LogP contribution < -0.4 is 5.90 Å². The second-order valence-corrected chi connectivity index (χ2v) is 6.35. The topological polar surface area (TPSA) is 100 Å². The zero-order chi connectivity index (χ0) is 18.4. The number of carbonyl (C=O) groups excluding carboxylic acids is 2. The summed E-state index contributed by atoms with van der Waals surface area (Å²) in [7, 11) is 0. The Kier molecular flexibility index (Phi) is 12.0. The molecule has 0 unspecified atom stereocenters. The first-order valence-electron chi connectivity index (χ1n) is 8.39. The lowest BCUT2D eigenvalue weighted by molar-refractivity contribution is 0.0205. The normalized spacial score (nSPS) is 11.0. The van der Waals surface area contributed by atoms with E-state index < -0.39 is 11.8 Å². The Balaban J connectivity index is 4.01. The quantitative estimate of drug-likeness (QED) is 0.348. The van der Waals surface area contributed by atoms with Gasteiger partial charge in [-0.25, -0.2) is 15.5 Å². The molecule has 0 rings (SSSR count). The van der Waals surface area contributed by atoms with E-state index in [-0.39, 0.29) is 25.9 Å². The van der Waals surface area contributed by atoms with Crippen LogP contribution in [0.5, 0.6) is 0 Å². The van der Waals surface area contributed by atoms with Gasteiger partial charge in [-0.15, -0.1) is 0 Å². The molecule has 0 aliphatic rings. The van der Waals surface area contributed by atoms with Crippen LogP contribution >= 0.6 is 0 Å². The minimum atomic E-state index is -0.748. The predicted octanol–water partition coefficient (Wildman–Crippen LogP) is 2.85. The molecule has 0 aliphatic heterocycles. The molecule has 0 spiro atoms. The Morgan fingerprint density at radius 1 is 0.958 bits per heavy atom. The third-order valence-corrected chi connectivity index (χ3v) is 2.90. The largest absolute Gasteiger partial charge is 0.508 e. The molecule has 0 radical (unpaired) electrons. The summed E-state index contributed by atoms with van der Waals surface area (Å²) in [5.41, 5.74) is -0.512. The van der Waals surface area contributed by atoms with Gasteiger partial charge < -0.3 is 23.9 Å². The van der Waals surface area contributed by atoms with Crippen molar-refractivity contribution in [2.45, 2.75) is 59.0 Å². The molecule has 8 heteroatoms. The van der Waals surface area contributed by atoms with Gasteiger partial charge in [-0.05, 0) is 40.0 Å². The van der Waals surface area contributed by atoms with E-state index in [0.717, 1.165) is 12.8 Å². The van der Waals surface area contributed by atoms with E-state index in [9.17, 15) is 9.59 Å². The van der Waals surface area contributed by atoms with Crippen molar-refractivity contribution < 1.29 is 28.6 Å². The highest BCUT2D eigenvalue weighted by atomic mass is 16.7. The van der Waals surface area contributed by atoms with Gasteiger partial charge in [0.15, 0.2) is 0 Å². The van der Waals surface area contributed by atoms with Gasteiger partial charge in [-0.2, -0.15) is 0 Å². The third kappa shape index (κ3) is 13.0. The van der Waals surface area contributed by atoms with Gasteiger partial charge in [0.05, 0.1) is 6.61 Å². The molecular formula is C16H32N2O6. The highest BCUT2D eigenvalue weighted by molar-refractivity contribution is 5.68. The van der Waals surface area contributed by atoms with Crippen LogP contribution in [0.4, 0.5) is 9.59 Å². The zero-order valence-corrected chi connectivity index (χ0v) is 15.3. The number of rotatable bonds is 11. The van der Waals surface area contributed by atoms with Crippen molar-refractivity contribution in [3.63, 3.8) is 0 Å². The van der Waals surface area contributed by atoms with Crippen LogP contribution in [0.25, 0.3) is 0 Å². The van der Waals surface area contributed by atoms with Crippen molar-refractivity contribution in [3.05, 3.63) is 0 Å². The standard InChI is InChI=1S/C16H32N2O6/c1-5-6-9-18(14(19)24-16(2,3)4)10-7-8-11-21-15(20)22-12-13-23-17/h5-13,17H2,1-4H3. The van der Waals surface area contributed by atoms with E-state index in [1.54, 1.807) is 4.90 Å². The van der Waals surface area contributed by atoms with Crippen molar-refractivity contribution >= 4 is 12.2 Å². The first-order chi connectivity index (χ1) is 11.3. The minimum absolute atomic E-state index is 0.0543. The summed E-state index contributed by atoms with van der Waals surface area (Å²) >= 11 is 0. The number of nitrogens with zero attached hydrogens (tertiary/aromatic N) is 1. The van der Waals surface area contributed by atoms with Crippen LogP contribution in [0.3, 0.4) is 0 Å². The first kappa shape index (κ1) is 22.5. The molecule has 0 bridgehead atoms. The Morgan fingerprint density at radius 2 is 1.58 bits per heavy atom. The van der Waals surface area contributed by atoms with Gasteiger partial charge in [0.1, 0.15) is 18.8 Å². The van der Waals surface area contributed by atoms with Crippen molar-refractivity contribution in [1.29, 1.82) is 0 Å². The predicted molar refractivity (Wildman–Crippen MR) is 89.4 cm³/mol. The van der Waals surface area contributed by atoms with Crippen molar-refractivity contribution in [2.24, 2.45) is 5.90 Å². The molecule has 0 aromatic carbocycles. The average molecular weight is 348 g/mol. The molecule has 0 aromatic heterocycles. The molecule has 0 aliphatic carbocycles. The molecule has 0 atom stereocenters. The third-order valence-electron chi connectivity index (χ3n) is 2.90. The van der Waals surface area contributed by atoms with Crippen LogP contribution in [-0.4, -0.2) is 55.7 Å². The summed E-state index contributed by atoms with van der Waals surface area (Å²) in [5, 5.41) is 0. The van der Waals surface area contributed by atoms with Gasteiger partial charge in [0.2, 0.25) is 0 Å². The molecule has 0 fully saturated rings. The fourth-order valence-corrected chi connectivity index (χ4v) is 1.74. The maximum absolute atomic E-state index is 12.2. The van der Waals surface area contributed by atoms with E-state index in [0.29, 0.717) is 25.9 Å². The van der Waals surface area contributed by atoms with Crippen LogP contribution in [-0.2, 0) is 19.0 Å². The summed E-state index contributed by atoms with van der Waals surface area (Å²) in [6, 6.07) is 0. The Labute approximate surface area is 144 Å². The van der Waals surface area contributed by atoms with Crippen molar-refractivity contribution in [3.8, 4) is 0 Å². The highest BCUT2D eigenvalue weighted by Crippen LogP contribution is 2.11. The lowest BCUT2D eigenvalue weighted by Gasteiger charge is -2.27. The first-order valence-corrected chi connectivity index (χ1v) is 8.39. The van der Waals surface area contributed by atoms with Crippen LogP contribution in [0.2, 0.25) is 0 Å². The van der Waals surface area contributed by atoms with Gasteiger partial charge in [0, 0.05) is 13.1 Å². The lowest BCUT2D eigenvalue weighted by Crippen LogP contribution is -2.38. The van der Waals surface area contributed by atoms with Crippen LogP contribution in [0, 0.1) is 0 Å². The maximum atomic E-state index is 12.2. The second-order valence-electron chi connectivity index (χ2n) is 6.35. The lowest BCUT2D eigenvalue weighted by atomic mass is 10.2. The maximum Gasteiger partial charge on any atom is 0.508 e. The minimum Gasteiger partial charge on any atom is -0.444 e.